The second-order valence-electron chi connectivity index (χ2n) is 6.82. The van der Waals surface area contributed by atoms with Gasteiger partial charge < -0.3 is 13.9 Å². The van der Waals surface area contributed by atoms with Crippen molar-refractivity contribution in [3.05, 3.63) is 83.0 Å². The van der Waals surface area contributed by atoms with Crippen molar-refractivity contribution in [1.29, 1.82) is 0 Å². The summed E-state index contributed by atoms with van der Waals surface area (Å²) in [5, 5.41) is 0.200. The molecule has 1 aromatic heterocycles. The molecule has 0 aliphatic heterocycles. The highest BCUT2D eigenvalue weighted by atomic mass is 16.6. The first kappa shape index (κ1) is 20.1. The van der Waals surface area contributed by atoms with Crippen LogP contribution in [0.15, 0.2) is 82.0 Å². The number of benzene rings is 3. The van der Waals surface area contributed by atoms with Crippen LogP contribution in [0.2, 0.25) is 0 Å². The van der Waals surface area contributed by atoms with Gasteiger partial charge in [-0.15, -0.1) is 0 Å². The molecule has 0 bridgehead atoms. The molecule has 154 valence electrons. The van der Waals surface area contributed by atoms with Crippen molar-refractivity contribution in [1.82, 2.24) is 0 Å². The lowest BCUT2D eigenvalue weighted by Crippen LogP contribution is -2.11. The maximum absolute atomic E-state index is 13.6. The van der Waals surface area contributed by atoms with E-state index in [1.54, 1.807) is 0 Å². The zero-order valence-electron chi connectivity index (χ0n) is 16.9. The van der Waals surface area contributed by atoms with Gasteiger partial charge in [0.15, 0.2) is 11.3 Å². The zero-order chi connectivity index (χ0) is 22.0. The minimum Gasteiger partial charge on any atom is -0.451 e. The van der Waals surface area contributed by atoms with Crippen LogP contribution >= 0.6 is 0 Å². The summed E-state index contributed by atoms with van der Waals surface area (Å²) in [4.78, 5) is 36.9. The van der Waals surface area contributed by atoms with Crippen LogP contribution in [0, 0.1) is 0 Å². The molecule has 0 aliphatic rings. The molecular weight excluding hydrogens is 396 g/mol. The van der Waals surface area contributed by atoms with Gasteiger partial charge in [0, 0.05) is 19.4 Å². The molecule has 4 rings (SSSR count). The number of carbonyl (C=O) groups is 2. The molecule has 0 unspecified atom stereocenters. The molecule has 0 spiro atoms. The number of hydrogen-bond acceptors (Lipinski definition) is 6. The van der Waals surface area contributed by atoms with Crippen LogP contribution < -0.4 is 14.9 Å². The van der Waals surface area contributed by atoms with Crippen LogP contribution in [0.25, 0.3) is 33.4 Å². The minimum absolute atomic E-state index is 0.00942. The molecular formula is C25H18O6. The first-order valence-electron chi connectivity index (χ1n) is 9.57. The maximum atomic E-state index is 13.6. The van der Waals surface area contributed by atoms with Gasteiger partial charge in [-0.25, -0.2) is 0 Å². The first-order valence-corrected chi connectivity index (χ1v) is 9.57. The van der Waals surface area contributed by atoms with Crippen molar-refractivity contribution in [3.63, 3.8) is 0 Å². The quantitative estimate of drug-likeness (QED) is 0.346. The number of esters is 2. The number of fused-ring (bicyclic) bond motifs is 1. The normalized spacial score (nSPS) is 10.6. The average Bonchev–Trinajstić information content (AvgIpc) is 2.76. The maximum Gasteiger partial charge on any atom is 0.308 e. The fourth-order valence-corrected chi connectivity index (χ4v) is 3.35. The van der Waals surface area contributed by atoms with Crippen molar-refractivity contribution < 1.29 is 23.5 Å². The highest BCUT2D eigenvalue weighted by Crippen LogP contribution is 2.40. The molecule has 4 aromatic rings. The summed E-state index contributed by atoms with van der Waals surface area (Å²) in [6.07, 6.45) is 0. The topological polar surface area (TPSA) is 82.8 Å². The number of rotatable bonds is 4. The fraction of sp³-hybridized carbons (Fsp3) is 0.0800. The number of ether oxygens (including phenoxy) is 2. The van der Waals surface area contributed by atoms with Crippen LogP contribution in [0.3, 0.4) is 0 Å². The lowest BCUT2D eigenvalue weighted by molar-refractivity contribution is -0.134. The predicted octanol–water partition coefficient (Wildman–Crippen LogP) is 4.98. The zero-order valence-corrected chi connectivity index (χ0v) is 16.9. The van der Waals surface area contributed by atoms with E-state index in [1.165, 1.54) is 26.0 Å². The summed E-state index contributed by atoms with van der Waals surface area (Å²) < 4.78 is 16.7. The summed E-state index contributed by atoms with van der Waals surface area (Å²) in [7, 11) is 0. The third kappa shape index (κ3) is 3.96. The predicted molar refractivity (Wildman–Crippen MR) is 116 cm³/mol. The Hall–Kier alpha value is -4.19. The van der Waals surface area contributed by atoms with E-state index in [-0.39, 0.29) is 27.9 Å². The molecule has 0 N–H and O–H groups in total. The van der Waals surface area contributed by atoms with Gasteiger partial charge in [-0.3, -0.25) is 14.4 Å². The highest BCUT2D eigenvalue weighted by Gasteiger charge is 2.23. The average molecular weight is 414 g/mol. The van der Waals surface area contributed by atoms with Crippen LogP contribution in [0.1, 0.15) is 13.8 Å². The molecule has 3 aromatic carbocycles. The lowest BCUT2D eigenvalue weighted by Gasteiger charge is -2.14. The molecule has 31 heavy (non-hydrogen) atoms. The third-order valence-corrected chi connectivity index (χ3v) is 4.58. The van der Waals surface area contributed by atoms with Crippen molar-refractivity contribution in [2.75, 3.05) is 0 Å². The molecule has 0 atom stereocenters. The number of carbonyl (C=O) groups excluding carboxylic acids is 2. The second-order valence-corrected chi connectivity index (χ2v) is 6.82. The van der Waals surface area contributed by atoms with Gasteiger partial charge in [-0.1, -0.05) is 60.7 Å². The van der Waals surface area contributed by atoms with Crippen molar-refractivity contribution in [2.24, 2.45) is 0 Å². The molecule has 0 saturated heterocycles. The molecule has 6 heteroatoms. The van der Waals surface area contributed by atoms with Crippen LogP contribution in [-0.2, 0) is 9.59 Å². The molecule has 1 heterocycles. The molecule has 0 saturated carbocycles. The SMILES string of the molecule is CC(=O)Oc1ccc2c(=O)c(-c3ccccc3)c(-c3ccccc3)oc2c1OC(C)=O. The Bertz CT molecular complexity index is 1340. The van der Waals surface area contributed by atoms with Crippen molar-refractivity contribution in [3.8, 4) is 33.9 Å². The van der Waals surface area contributed by atoms with Gasteiger partial charge in [0.1, 0.15) is 5.76 Å². The van der Waals surface area contributed by atoms with Gasteiger partial charge in [-0.05, 0) is 17.7 Å². The molecule has 6 nitrogen and oxygen atoms in total. The molecule has 0 aliphatic carbocycles. The Morgan fingerprint density at radius 3 is 1.90 bits per heavy atom. The van der Waals surface area contributed by atoms with Crippen molar-refractivity contribution in [2.45, 2.75) is 13.8 Å². The summed E-state index contributed by atoms with van der Waals surface area (Å²) >= 11 is 0. The monoisotopic (exact) mass is 414 g/mol. The summed E-state index contributed by atoms with van der Waals surface area (Å²) in [6.45, 7) is 2.44. The minimum atomic E-state index is -0.642. The van der Waals surface area contributed by atoms with Crippen LogP contribution in [0.4, 0.5) is 0 Å². The standard InChI is InChI=1S/C25H18O6/c1-15(26)29-20-14-13-19-22(28)21(17-9-5-3-6-10-17)23(18-11-7-4-8-12-18)31-24(19)25(20)30-16(2)27/h3-14H,1-2H3. The largest absolute Gasteiger partial charge is 0.451 e. The van der Waals surface area contributed by atoms with E-state index >= 15 is 0 Å². The van der Waals surface area contributed by atoms with Crippen LogP contribution in [0.5, 0.6) is 11.5 Å². The van der Waals surface area contributed by atoms with E-state index in [2.05, 4.69) is 0 Å². The van der Waals surface area contributed by atoms with Gasteiger partial charge in [0.2, 0.25) is 11.2 Å². The van der Waals surface area contributed by atoms with Gasteiger partial charge in [0.25, 0.3) is 0 Å². The first-order chi connectivity index (χ1) is 15.0. The summed E-state index contributed by atoms with van der Waals surface area (Å²) in [5.74, 6) is -1.05. The Morgan fingerprint density at radius 1 is 0.742 bits per heavy atom. The Kier molecular flexibility index (Phi) is 5.37. The third-order valence-electron chi connectivity index (χ3n) is 4.58. The van der Waals surface area contributed by atoms with Crippen LogP contribution in [-0.4, -0.2) is 11.9 Å². The summed E-state index contributed by atoms with van der Waals surface area (Å²) in [6, 6.07) is 21.2. The van der Waals surface area contributed by atoms with E-state index in [0.29, 0.717) is 22.5 Å². The molecule has 0 amide bonds. The Labute approximate surface area is 177 Å². The molecule has 0 radical (unpaired) electrons. The molecule has 0 fully saturated rings. The lowest BCUT2D eigenvalue weighted by atomic mass is 9.98. The van der Waals surface area contributed by atoms with Gasteiger partial charge >= 0.3 is 11.9 Å². The summed E-state index contributed by atoms with van der Waals surface area (Å²) in [5.41, 5.74) is 1.47. The smallest absolute Gasteiger partial charge is 0.308 e. The van der Waals surface area contributed by atoms with E-state index < -0.39 is 11.9 Å². The van der Waals surface area contributed by atoms with E-state index in [4.69, 9.17) is 13.9 Å². The Balaban J connectivity index is 2.12. The van der Waals surface area contributed by atoms with Crippen molar-refractivity contribution >= 4 is 22.9 Å². The van der Waals surface area contributed by atoms with Gasteiger partial charge in [-0.2, -0.15) is 0 Å². The van der Waals surface area contributed by atoms with E-state index in [9.17, 15) is 14.4 Å². The fourth-order valence-electron chi connectivity index (χ4n) is 3.35. The highest BCUT2D eigenvalue weighted by molar-refractivity contribution is 5.94. The number of hydrogen-bond donors (Lipinski definition) is 0. The second kappa shape index (κ2) is 8.28. The Morgan fingerprint density at radius 2 is 1.32 bits per heavy atom. The van der Waals surface area contributed by atoms with E-state index in [1.807, 2.05) is 60.7 Å². The van der Waals surface area contributed by atoms with E-state index in [0.717, 1.165) is 0 Å². The van der Waals surface area contributed by atoms with Gasteiger partial charge in [0.05, 0.1) is 10.9 Å².